The molecule has 0 aliphatic rings. The first-order valence-electron chi connectivity index (χ1n) is 5.80. The van der Waals surface area contributed by atoms with Gasteiger partial charge in [-0.25, -0.2) is 9.37 Å². The van der Waals surface area contributed by atoms with E-state index in [1.807, 2.05) is 6.07 Å². The second-order valence-electron chi connectivity index (χ2n) is 4.23. The Morgan fingerprint density at radius 1 is 1.40 bits per heavy atom. The van der Waals surface area contributed by atoms with Crippen LogP contribution >= 0.6 is 11.3 Å². The minimum absolute atomic E-state index is 0.123. The molecule has 6 heteroatoms. The molecule has 0 saturated carbocycles. The van der Waals surface area contributed by atoms with E-state index in [1.165, 1.54) is 40.4 Å². The van der Waals surface area contributed by atoms with E-state index in [0.717, 1.165) is 0 Å². The first kappa shape index (κ1) is 12.5. The standard InChI is InChI=1S/C14H8FN3OS/c15-11-2-1-9(6-16)10(5-11)7-18-8-17-13-12(14(18)19)3-4-20-13/h1-5,8H,7H2. The molecule has 0 saturated heterocycles. The predicted octanol–water partition coefficient (Wildman–Crippen LogP) is 2.52. The molecule has 0 unspecified atom stereocenters. The van der Waals surface area contributed by atoms with Crippen molar-refractivity contribution in [2.75, 3.05) is 0 Å². The normalized spacial score (nSPS) is 10.6. The SMILES string of the molecule is N#Cc1ccc(F)cc1Cn1cnc2sccc2c1=O. The molecule has 1 aromatic carbocycles. The quantitative estimate of drug-likeness (QED) is 0.727. The Balaban J connectivity index is 2.10. The monoisotopic (exact) mass is 285 g/mol. The van der Waals surface area contributed by atoms with E-state index in [2.05, 4.69) is 4.98 Å². The molecule has 4 nitrogen and oxygen atoms in total. The molecule has 3 rings (SSSR count). The number of nitriles is 1. The van der Waals surface area contributed by atoms with Crippen molar-refractivity contribution in [2.45, 2.75) is 6.54 Å². The second-order valence-corrected chi connectivity index (χ2v) is 5.12. The Bertz CT molecular complexity index is 891. The Hall–Kier alpha value is -2.52. The lowest BCUT2D eigenvalue weighted by molar-refractivity contribution is 0.622. The number of aromatic nitrogens is 2. The Morgan fingerprint density at radius 2 is 2.25 bits per heavy atom. The maximum Gasteiger partial charge on any atom is 0.262 e. The summed E-state index contributed by atoms with van der Waals surface area (Å²) in [6, 6.07) is 7.61. The van der Waals surface area contributed by atoms with E-state index in [0.29, 0.717) is 21.3 Å². The molecule has 2 heterocycles. The van der Waals surface area contributed by atoms with E-state index < -0.39 is 5.82 Å². The number of rotatable bonds is 2. The van der Waals surface area contributed by atoms with Gasteiger partial charge >= 0.3 is 0 Å². The highest BCUT2D eigenvalue weighted by atomic mass is 32.1. The molecule has 98 valence electrons. The molecule has 20 heavy (non-hydrogen) atoms. The molecule has 2 aromatic heterocycles. The number of hydrogen-bond donors (Lipinski definition) is 0. The van der Waals surface area contributed by atoms with Crippen LogP contribution < -0.4 is 5.56 Å². The lowest BCUT2D eigenvalue weighted by Crippen LogP contribution is -2.21. The van der Waals surface area contributed by atoms with Gasteiger partial charge in [0, 0.05) is 0 Å². The van der Waals surface area contributed by atoms with Crippen molar-refractivity contribution in [1.29, 1.82) is 5.26 Å². The van der Waals surface area contributed by atoms with Crippen molar-refractivity contribution in [3.63, 3.8) is 0 Å². The fourth-order valence-corrected chi connectivity index (χ4v) is 2.71. The van der Waals surface area contributed by atoms with Gasteiger partial charge in [0.25, 0.3) is 5.56 Å². The number of benzene rings is 1. The lowest BCUT2D eigenvalue weighted by Gasteiger charge is -2.07. The molecule has 0 aliphatic heterocycles. The summed E-state index contributed by atoms with van der Waals surface area (Å²) in [6.45, 7) is 0.123. The number of nitrogens with zero attached hydrogens (tertiary/aromatic N) is 3. The first-order chi connectivity index (χ1) is 9.69. The van der Waals surface area contributed by atoms with Crippen molar-refractivity contribution in [2.24, 2.45) is 0 Å². The summed E-state index contributed by atoms with van der Waals surface area (Å²) in [5.41, 5.74) is 0.624. The largest absolute Gasteiger partial charge is 0.294 e. The fourth-order valence-electron chi connectivity index (χ4n) is 1.99. The van der Waals surface area contributed by atoms with Crippen molar-refractivity contribution in [3.8, 4) is 6.07 Å². The third kappa shape index (κ3) is 2.08. The third-order valence-corrected chi connectivity index (χ3v) is 3.80. The summed E-state index contributed by atoms with van der Waals surface area (Å²) in [5, 5.41) is 11.4. The molecule has 0 spiro atoms. The number of halogens is 1. The van der Waals surface area contributed by atoms with Crippen molar-refractivity contribution in [1.82, 2.24) is 9.55 Å². The molecule has 0 fully saturated rings. The third-order valence-electron chi connectivity index (χ3n) is 2.98. The highest BCUT2D eigenvalue weighted by molar-refractivity contribution is 7.16. The maximum atomic E-state index is 13.3. The molecule has 0 bridgehead atoms. The fraction of sp³-hybridized carbons (Fsp3) is 0.0714. The Labute approximate surface area is 117 Å². The van der Waals surface area contributed by atoms with E-state index >= 15 is 0 Å². The van der Waals surface area contributed by atoms with Gasteiger partial charge in [0.05, 0.1) is 29.9 Å². The molecular formula is C14H8FN3OS. The van der Waals surface area contributed by atoms with Crippen molar-refractivity contribution >= 4 is 21.6 Å². The summed E-state index contributed by atoms with van der Waals surface area (Å²) in [6.07, 6.45) is 1.42. The van der Waals surface area contributed by atoms with Crippen LogP contribution in [-0.2, 0) is 6.54 Å². The summed E-state index contributed by atoms with van der Waals surface area (Å²) in [4.78, 5) is 17.1. The van der Waals surface area contributed by atoms with Gasteiger partial charge in [0.2, 0.25) is 0 Å². The lowest BCUT2D eigenvalue weighted by atomic mass is 10.1. The second kappa shape index (κ2) is 4.87. The van der Waals surface area contributed by atoms with Gasteiger partial charge in [-0.1, -0.05) is 0 Å². The average molecular weight is 285 g/mol. The zero-order valence-corrected chi connectivity index (χ0v) is 11.0. The molecule has 0 amide bonds. The zero-order valence-electron chi connectivity index (χ0n) is 10.2. The number of hydrogen-bond acceptors (Lipinski definition) is 4. The summed E-state index contributed by atoms with van der Waals surface area (Å²) < 4.78 is 14.7. The Kier molecular flexibility index (Phi) is 3.05. The predicted molar refractivity (Wildman–Crippen MR) is 74.1 cm³/mol. The van der Waals surface area contributed by atoms with Gasteiger partial charge in [-0.3, -0.25) is 9.36 Å². The maximum absolute atomic E-state index is 13.3. The van der Waals surface area contributed by atoms with Crippen LogP contribution in [-0.4, -0.2) is 9.55 Å². The van der Waals surface area contributed by atoms with Crippen LogP contribution in [0.4, 0.5) is 4.39 Å². The smallest absolute Gasteiger partial charge is 0.262 e. The van der Waals surface area contributed by atoms with Gasteiger partial charge in [-0.2, -0.15) is 5.26 Å². The van der Waals surface area contributed by atoms with Crippen molar-refractivity contribution in [3.05, 3.63) is 63.3 Å². The highest BCUT2D eigenvalue weighted by Crippen LogP contribution is 2.15. The van der Waals surface area contributed by atoms with Gasteiger partial charge in [0.1, 0.15) is 10.6 Å². The molecule has 0 atom stereocenters. The molecule has 0 N–H and O–H groups in total. The minimum Gasteiger partial charge on any atom is -0.294 e. The topological polar surface area (TPSA) is 58.7 Å². The van der Waals surface area contributed by atoms with Crippen LogP contribution in [0.2, 0.25) is 0 Å². The molecular weight excluding hydrogens is 277 g/mol. The van der Waals surface area contributed by atoms with Gasteiger partial charge in [-0.05, 0) is 35.2 Å². The van der Waals surface area contributed by atoms with Crippen LogP contribution in [0.1, 0.15) is 11.1 Å². The van der Waals surface area contributed by atoms with Crippen LogP contribution in [0, 0.1) is 17.1 Å². The number of thiophene rings is 1. The van der Waals surface area contributed by atoms with E-state index in [4.69, 9.17) is 5.26 Å². The van der Waals surface area contributed by atoms with Crippen LogP contribution in [0.5, 0.6) is 0 Å². The van der Waals surface area contributed by atoms with E-state index in [1.54, 1.807) is 11.4 Å². The zero-order chi connectivity index (χ0) is 14.1. The minimum atomic E-state index is -0.434. The van der Waals surface area contributed by atoms with Gasteiger partial charge < -0.3 is 0 Å². The van der Waals surface area contributed by atoms with Crippen LogP contribution in [0.3, 0.4) is 0 Å². The van der Waals surface area contributed by atoms with Crippen LogP contribution in [0.25, 0.3) is 10.2 Å². The summed E-state index contributed by atoms with van der Waals surface area (Å²) >= 11 is 1.39. The van der Waals surface area contributed by atoms with E-state index in [-0.39, 0.29) is 12.1 Å². The Morgan fingerprint density at radius 3 is 3.05 bits per heavy atom. The average Bonchev–Trinajstić information content (AvgIpc) is 2.91. The summed E-state index contributed by atoms with van der Waals surface area (Å²) in [7, 11) is 0. The van der Waals surface area contributed by atoms with Crippen LogP contribution in [0.15, 0.2) is 40.8 Å². The summed E-state index contributed by atoms with van der Waals surface area (Å²) in [5.74, 6) is -0.434. The molecule has 3 aromatic rings. The number of fused-ring (bicyclic) bond motifs is 1. The van der Waals surface area contributed by atoms with Crippen molar-refractivity contribution < 1.29 is 4.39 Å². The molecule has 0 aliphatic carbocycles. The van der Waals surface area contributed by atoms with Gasteiger partial charge in [0.15, 0.2) is 0 Å². The highest BCUT2D eigenvalue weighted by Gasteiger charge is 2.09. The molecule has 0 radical (unpaired) electrons. The van der Waals surface area contributed by atoms with E-state index in [9.17, 15) is 9.18 Å². The van der Waals surface area contributed by atoms with Gasteiger partial charge in [-0.15, -0.1) is 11.3 Å². The first-order valence-corrected chi connectivity index (χ1v) is 6.68.